The first-order valence-corrected chi connectivity index (χ1v) is 8.23. The van der Waals surface area contributed by atoms with Crippen LogP contribution >= 0.6 is 11.8 Å². The predicted molar refractivity (Wildman–Crippen MR) is 87.8 cm³/mol. The Morgan fingerprint density at radius 2 is 2.14 bits per heavy atom. The summed E-state index contributed by atoms with van der Waals surface area (Å²) < 4.78 is 4.92. The average Bonchev–Trinajstić information content (AvgIpc) is 2.93. The molecule has 2 rings (SSSR count). The molecule has 1 aromatic heterocycles. The maximum Gasteiger partial charge on any atom is 0.238 e. The molecule has 5 nitrogen and oxygen atoms in total. The van der Waals surface area contributed by atoms with Gasteiger partial charge in [-0.05, 0) is 18.9 Å². The number of anilines is 1. The van der Waals surface area contributed by atoms with E-state index in [9.17, 15) is 9.90 Å². The second-order valence-corrected chi connectivity index (χ2v) is 6.20. The molecule has 0 aliphatic heterocycles. The standard InChI is InChI=1S/C16H20N2O3S/c1-3-14(16(20)17-15-9-11(2)21-18-15)22-10-13(19)12-7-5-4-6-8-12/h4-9,13-14,19H,3,10H2,1-2H3,(H,17,18,20)/t13-,14+/m1/s1. The van der Waals surface area contributed by atoms with Gasteiger partial charge in [-0.3, -0.25) is 4.79 Å². The lowest BCUT2D eigenvalue weighted by Crippen LogP contribution is -2.25. The third-order valence-electron chi connectivity index (χ3n) is 3.18. The smallest absolute Gasteiger partial charge is 0.238 e. The lowest BCUT2D eigenvalue weighted by Gasteiger charge is -2.16. The Balaban J connectivity index is 1.87. The number of aromatic nitrogens is 1. The number of aliphatic hydroxyl groups is 1. The van der Waals surface area contributed by atoms with Crippen LogP contribution in [0.15, 0.2) is 40.9 Å². The highest BCUT2D eigenvalue weighted by molar-refractivity contribution is 8.00. The van der Waals surface area contributed by atoms with Gasteiger partial charge in [-0.15, -0.1) is 11.8 Å². The highest BCUT2D eigenvalue weighted by Gasteiger charge is 2.20. The first-order chi connectivity index (χ1) is 10.6. The van der Waals surface area contributed by atoms with E-state index in [1.165, 1.54) is 11.8 Å². The summed E-state index contributed by atoms with van der Waals surface area (Å²) in [5.41, 5.74) is 0.859. The largest absolute Gasteiger partial charge is 0.388 e. The Hall–Kier alpha value is -1.79. The molecule has 0 fully saturated rings. The van der Waals surface area contributed by atoms with Gasteiger partial charge in [0.05, 0.1) is 11.4 Å². The zero-order valence-corrected chi connectivity index (χ0v) is 13.5. The van der Waals surface area contributed by atoms with E-state index in [-0.39, 0.29) is 11.2 Å². The molecule has 1 aromatic carbocycles. The van der Waals surface area contributed by atoms with E-state index in [0.717, 1.165) is 5.56 Å². The van der Waals surface area contributed by atoms with Crippen molar-refractivity contribution in [2.75, 3.05) is 11.1 Å². The molecule has 118 valence electrons. The molecule has 0 saturated carbocycles. The topological polar surface area (TPSA) is 75.4 Å². The summed E-state index contributed by atoms with van der Waals surface area (Å²) in [6.07, 6.45) is 0.0943. The van der Waals surface area contributed by atoms with Gasteiger partial charge in [0.1, 0.15) is 5.76 Å². The number of rotatable bonds is 7. The van der Waals surface area contributed by atoms with Crippen LogP contribution in [-0.4, -0.2) is 27.2 Å². The van der Waals surface area contributed by atoms with Gasteiger partial charge in [0.15, 0.2) is 5.82 Å². The van der Waals surface area contributed by atoms with E-state index in [2.05, 4.69) is 10.5 Å². The molecule has 0 aliphatic carbocycles. The Morgan fingerprint density at radius 3 is 2.73 bits per heavy atom. The van der Waals surface area contributed by atoms with Gasteiger partial charge in [0.25, 0.3) is 0 Å². The fraction of sp³-hybridized carbons (Fsp3) is 0.375. The molecule has 6 heteroatoms. The summed E-state index contributed by atoms with van der Waals surface area (Å²) in [6.45, 7) is 3.71. The predicted octanol–water partition coefficient (Wildman–Crippen LogP) is 3.17. The van der Waals surface area contributed by atoms with Crippen molar-refractivity contribution < 1.29 is 14.4 Å². The van der Waals surface area contributed by atoms with Gasteiger partial charge in [-0.1, -0.05) is 42.4 Å². The van der Waals surface area contributed by atoms with Gasteiger partial charge in [-0.25, -0.2) is 0 Å². The van der Waals surface area contributed by atoms with E-state index >= 15 is 0 Å². The van der Waals surface area contributed by atoms with Crippen molar-refractivity contribution in [1.29, 1.82) is 0 Å². The number of nitrogens with one attached hydrogen (secondary N) is 1. The van der Waals surface area contributed by atoms with Crippen molar-refractivity contribution in [2.24, 2.45) is 0 Å². The average molecular weight is 320 g/mol. The molecule has 0 aliphatic rings. The third kappa shape index (κ3) is 4.61. The van der Waals surface area contributed by atoms with E-state index in [1.54, 1.807) is 13.0 Å². The van der Waals surface area contributed by atoms with Crippen molar-refractivity contribution in [1.82, 2.24) is 5.16 Å². The van der Waals surface area contributed by atoms with E-state index in [4.69, 9.17) is 4.52 Å². The number of carbonyl (C=O) groups is 1. The Bertz CT molecular complexity index is 600. The SMILES string of the molecule is CC[C@H](SC[C@@H](O)c1ccccc1)C(=O)Nc1cc(C)on1. The fourth-order valence-corrected chi connectivity index (χ4v) is 3.04. The molecule has 2 atom stereocenters. The summed E-state index contributed by atoms with van der Waals surface area (Å²) in [4.78, 5) is 12.2. The highest BCUT2D eigenvalue weighted by atomic mass is 32.2. The van der Waals surface area contributed by atoms with Crippen LogP contribution in [0.25, 0.3) is 0 Å². The minimum Gasteiger partial charge on any atom is -0.388 e. The van der Waals surface area contributed by atoms with Gasteiger partial charge >= 0.3 is 0 Å². The fourth-order valence-electron chi connectivity index (χ4n) is 1.99. The van der Waals surface area contributed by atoms with Crippen LogP contribution < -0.4 is 5.32 Å². The highest BCUT2D eigenvalue weighted by Crippen LogP contribution is 2.24. The van der Waals surface area contributed by atoms with Crippen LogP contribution in [0.2, 0.25) is 0 Å². The number of aliphatic hydroxyl groups excluding tert-OH is 1. The Labute approximate surface area is 134 Å². The van der Waals surface area contributed by atoms with Crippen molar-refractivity contribution in [3.63, 3.8) is 0 Å². The van der Waals surface area contributed by atoms with Gasteiger partial charge in [0.2, 0.25) is 5.91 Å². The number of aryl methyl sites for hydroxylation is 1. The van der Waals surface area contributed by atoms with E-state index in [1.807, 2.05) is 37.3 Å². The molecule has 0 spiro atoms. The second kappa shape index (κ2) is 8.00. The number of carbonyl (C=O) groups excluding carboxylic acids is 1. The summed E-state index contributed by atoms with van der Waals surface area (Å²) in [6, 6.07) is 11.1. The van der Waals surface area contributed by atoms with Crippen LogP contribution in [0, 0.1) is 6.92 Å². The van der Waals surface area contributed by atoms with Gasteiger partial charge in [-0.2, -0.15) is 0 Å². The molecule has 0 unspecified atom stereocenters. The van der Waals surface area contributed by atoms with Crippen molar-refractivity contribution in [2.45, 2.75) is 31.6 Å². The van der Waals surface area contributed by atoms with E-state index < -0.39 is 6.10 Å². The lowest BCUT2D eigenvalue weighted by molar-refractivity contribution is -0.115. The normalized spacial score (nSPS) is 13.6. The molecule has 22 heavy (non-hydrogen) atoms. The van der Waals surface area contributed by atoms with Crippen molar-refractivity contribution >= 4 is 23.5 Å². The molecule has 1 heterocycles. The first-order valence-electron chi connectivity index (χ1n) is 7.19. The molecule has 0 radical (unpaired) electrons. The zero-order chi connectivity index (χ0) is 15.9. The van der Waals surface area contributed by atoms with Crippen molar-refractivity contribution in [3.8, 4) is 0 Å². The molecular weight excluding hydrogens is 300 g/mol. The minimum absolute atomic E-state index is 0.124. The quantitative estimate of drug-likeness (QED) is 0.819. The van der Waals surface area contributed by atoms with E-state index in [0.29, 0.717) is 23.8 Å². The summed E-state index contributed by atoms with van der Waals surface area (Å²) in [7, 11) is 0. The van der Waals surface area contributed by atoms with Crippen LogP contribution in [0.4, 0.5) is 5.82 Å². The number of nitrogens with zero attached hydrogens (tertiary/aromatic N) is 1. The molecule has 0 bridgehead atoms. The van der Waals surface area contributed by atoms with Crippen LogP contribution in [0.3, 0.4) is 0 Å². The Morgan fingerprint density at radius 1 is 1.41 bits per heavy atom. The number of thioether (sulfide) groups is 1. The number of hydrogen-bond acceptors (Lipinski definition) is 5. The second-order valence-electron chi connectivity index (χ2n) is 4.97. The third-order valence-corrected chi connectivity index (χ3v) is 4.64. The molecule has 2 aromatic rings. The van der Waals surface area contributed by atoms with Crippen LogP contribution in [0.1, 0.15) is 30.8 Å². The lowest BCUT2D eigenvalue weighted by atomic mass is 10.1. The minimum atomic E-state index is -0.581. The molecule has 1 amide bonds. The number of hydrogen-bond donors (Lipinski definition) is 2. The molecule has 0 saturated heterocycles. The van der Waals surface area contributed by atoms with Gasteiger partial charge in [0, 0.05) is 11.8 Å². The zero-order valence-electron chi connectivity index (χ0n) is 12.7. The summed E-state index contributed by atoms with van der Waals surface area (Å²) >= 11 is 1.44. The van der Waals surface area contributed by atoms with Gasteiger partial charge < -0.3 is 14.9 Å². The molecule has 2 N–H and O–H groups in total. The number of amides is 1. The maximum atomic E-state index is 12.2. The molecular formula is C16H20N2O3S. The summed E-state index contributed by atoms with van der Waals surface area (Å²) in [5.74, 6) is 1.41. The first kappa shape index (κ1) is 16.6. The van der Waals surface area contributed by atoms with Crippen LogP contribution in [-0.2, 0) is 4.79 Å². The van der Waals surface area contributed by atoms with Crippen molar-refractivity contribution in [3.05, 3.63) is 47.7 Å². The maximum absolute atomic E-state index is 12.2. The number of benzene rings is 1. The summed E-state index contributed by atoms with van der Waals surface area (Å²) in [5, 5.41) is 16.4. The monoisotopic (exact) mass is 320 g/mol. The van der Waals surface area contributed by atoms with Crippen LogP contribution in [0.5, 0.6) is 0 Å². The Kier molecular flexibility index (Phi) is 6.03.